The number of ether oxygens (including phenoxy) is 2. The van der Waals surface area contributed by atoms with Crippen LogP contribution in [-0.2, 0) is 11.2 Å². The second-order valence-corrected chi connectivity index (χ2v) is 7.74. The first-order valence-electron chi connectivity index (χ1n) is 9.08. The third-order valence-electron chi connectivity index (χ3n) is 4.34. The van der Waals surface area contributed by atoms with E-state index < -0.39 is 5.91 Å². The van der Waals surface area contributed by atoms with Crippen molar-refractivity contribution in [3.05, 3.63) is 70.1 Å². The first-order chi connectivity index (χ1) is 14.4. The Morgan fingerprint density at radius 1 is 1.23 bits per heavy atom. The van der Waals surface area contributed by atoms with Crippen LogP contribution in [0, 0.1) is 0 Å². The van der Waals surface area contributed by atoms with Crippen LogP contribution in [0.4, 0.5) is 4.79 Å². The fourth-order valence-corrected chi connectivity index (χ4v) is 3.95. The molecular weight excluding hydrogens is 426 g/mol. The smallest absolute Gasteiger partial charge is 0.293 e. The molecule has 0 radical (unpaired) electrons. The molecule has 2 aromatic carbocycles. The standard InChI is InChI=1S/C22H20ClNO5S/c1-3-6-15-11-14(12-18(28-2)20(15)25)13-19-21(26)24(22(27)30-19)9-10-29-17-8-5-4-7-16(17)23/h3-5,7-8,11-13,25H,1,6,9-10H2,2H3/b19-13-. The fraction of sp³-hybridized carbons (Fsp3) is 0.182. The van der Waals surface area contributed by atoms with Crippen molar-refractivity contribution < 1.29 is 24.2 Å². The molecule has 1 saturated heterocycles. The van der Waals surface area contributed by atoms with Crippen LogP contribution in [0.1, 0.15) is 11.1 Å². The van der Waals surface area contributed by atoms with Crippen LogP contribution >= 0.6 is 23.4 Å². The van der Waals surface area contributed by atoms with Crippen LogP contribution in [0.25, 0.3) is 6.08 Å². The van der Waals surface area contributed by atoms with Gasteiger partial charge < -0.3 is 14.6 Å². The summed E-state index contributed by atoms with van der Waals surface area (Å²) < 4.78 is 10.8. The van der Waals surface area contributed by atoms with Gasteiger partial charge in [-0.2, -0.15) is 0 Å². The molecule has 0 bridgehead atoms. The van der Waals surface area contributed by atoms with Gasteiger partial charge in [0.1, 0.15) is 12.4 Å². The SMILES string of the molecule is C=CCc1cc(/C=C2\SC(=O)N(CCOc3ccccc3Cl)C2=O)cc(OC)c1O. The van der Waals surface area contributed by atoms with E-state index in [9.17, 15) is 14.7 Å². The Balaban J connectivity index is 1.74. The number of benzene rings is 2. The van der Waals surface area contributed by atoms with Gasteiger partial charge in [-0.15, -0.1) is 6.58 Å². The van der Waals surface area contributed by atoms with Crippen molar-refractivity contribution >= 4 is 40.6 Å². The van der Waals surface area contributed by atoms with Gasteiger partial charge in [0.05, 0.1) is 23.6 Å². The number of carbonyl (C=O) groups excluding carboxylic acids is 2. The second-order valence-electron chi connectivity index (χ2n) is 6.34. The third-order valence-corrected chi connectivity index (χ3v) is 5.56. The van der Waals surface area contributed by atoms with E-state index in [2.05, 4.69) is 6.58 Å². The fourth-order valence-electron chi connectivity index (χ4n) is 2.89. The summed E-state index contributed by atoms with van der Waals surface area (Å²) in [6.07, 6.45) is 3.70. The van der Waals surface area contributed by atoms with Crippen LogP contribution in [0.3, 0.4) is 0 Å². The van der Waals surface area contributed by atoms with Crippen LogP contribution in [0.15, 0.2) is 54.0 Å². The van der Waals surface area contributed by atoms with Gasteiger partial charge >= 0.3 is 0 Å². The zero-order valence-electron chi connectivity index (χ0n) is 16.3. The minimum absolute atomic E-state index is 0.0272. The summed E-state index contributed by atoms with van der Waals surface area (Å²) in [4.78, 5) is 26.4. The molecule has 2 aromatic rings. The highest BCUT2D eigenvalue weighted by molar-refractivity contribution is 8.18. The van der Waals surface area contributed by atoms with Crippen molar-refractivity contribution in [2.75, 3.05) is 20.3 Å². The van der Waals surface area contributed by atoms with E-state index >= 15 is 0 Å². The maximum absolute atomic E-state index is 12.7. The Labute approximate surface area is 183 Å². The molecule has 0 unspecified atom stereocenters. The lowest BCUT2D eigenvalue weighted by atomic mass is 10.1. The van der Waals surface area contributed by atoms with Crippen molar-refractivity contribution in [1.29, 1.82) is 0 Å². The van der Waals surface area contributed by atoms with Gasteiger partial charge in [-0.1, -0.05) is 29.8 Å². The summed E-state index contributed by atoms with van der Waals surface area (Å²) in [7, 11) is 1.45. The predicted molar refractivity (Wildman–Crippen MR) is 118 cm³/mol. The van der Waals surface area contributed by atoms with E-state index in [1.54, 1.807) is 48.6 Å². The minimum atomic E-state index is -0.398. The van der Waals surface area contributed by atoms with E-state index in [-0.39, 0.29) is 34.8 Å². The molecule has 156 valence electrons. The predicted octanol–water partition coefficient (Wildman–Crippen LogP) is 4.90. The molecule has 0 aliphatic carbocycles. The molecule has 1 aliphatic heterocycles. The number of aromatic hydroxyl groups is 1. The summed E-state index contributed by atoms with van der Waals surface area (Å²) >= 11 is 6.90. The normalized spacial score (nSPS) is 15.0. The summed E-state index contributed by atoms with van der Waals surface area (Å²) in [5.74, 6) is 0.407. The molecule has 1 aliphatic rings. The average Bonchev–Trinajstić information content (AvgIpc) is 2.99. The van der Waals surface area contributed by atoms with Gasteiger partial charge in [-0.05, 0) is 54.1 Å². The van der Waals surface area contributed by atoms with Crippen LogP contribution < -0.4 is 9.47 Å². The quantitative estimate of drug-likeness (QED) is 0.460. The van der Waals surface area contributed by atoms with E-state index in [1.807, 2.05) is 0 Å². The molecule has 6 nitrogen and oxygen atoms in total. The van der Waals surface area contributed by atoms with Gasteiger partial charge in [-0.3, -0.25) is 14.5 Å². The molecule has 1 heterocycles. The zero-order chi connectivity index (χ0) is 21.7. The van der Waals surface area contributed by atoms with Gasteiger partial charge in [0.15, 0.2) is 11.5 Å². The summed E-state index contributed by atoms with van der Waals surface area (Å²) in [6, 6.07) is 10.3. The number of thioether (sulfide) groups is 1. The molecule has 3 rings (SSSR count). The number of amides is 2. The first-order valence-corrected chi connectivity index (χ1v) is 10.3. The summed E-state index contributed by atoms with van der Waals surface area (Å²) in [5.41, 5.74) is 1.25. The molecule has 30 heavy (non-hydrogen) atoms. The number of halogens is 1. The molecule has 1 N–H and O–H groups in total. The maximum Gasteiger partial charge on any atom is 0.293 e. The number of nitrogens with zero attached hydrogens (tertiary/aromatic N) is 1. The van der Waals surface area contributed by atoms with Crippen molar-refractivity contribution in [2.24, 2.45) is 0 Å². The zero-order valence-corrected chi connectivity index (χ0v) is 17.8. The Kier molecular flexibility index (Phi) is 7.07. The number of phenols is 1. The van der Waals surface area contributed by atoms with Gasteiger partial charge in [0.2, 0.25) is 0 Å². The summed E-state index contributed by atoms with van der Waals surface area (Å²) in [6.45, 7) is 3.91. The molecule has 8 heteroatoms. The van der Waals surface area contributed by atoms with Crippen molar-refractivity contribution in [3.63, 3.8) is 0 Å². The number of imide groups is 1. The van der Waals surface area contributed by atoms with Gasteiger partial charge in [0.25, 0.3) is 11.1 Å². The number of rotatable bonds is 8. The van der Waals surface area contributed by atoms with E-state index in [4.69, 9.17) is 21.1 Å². The molecule has 1 fully saturated rings. The van der Waals surface area contributed by atoms with E-state index in [0.717, 1.165) is 16.7 Å². The topological polar surface area (TPSA) is 76.1 Å². The lowest BCUT2D eigenvalue weighted by molar-refractivity contribution is -0.123. The van der Waals surface area contributed by atoms with E-state index in [0.29, 0.717) is 28.3 Å². The number of hydrogen-bond donors (Lipinski definition) is 1. The highest BCUT2D eigenvalue weighted by atomic mass is 35.5. The van der Waals surface area contributed by atoms with Crippen LogP contribution in [-0.4, -0.2) is 41.4 Å². The number of hydrogen-bond acceptors (Lipinski definition) is 6. The van der Waals surface area contributed by atoms with Crippen molar-refractivity contribution in [3.8, 4) is 17.2 Å². The Morgan fingerprint density at radius 2 is 2.00 bits per heavy atom. The van der Waals surface area contributed by atoms with Gasteiger partial charge in [0, 0.05) is 5.56 Å². The lowest BCUT2D eigenvalue weighted by Crippen LogP contribution is -2.32. The lowest BCUT2D eigenvalue weighted by Gasteiger charge is -2.13. The molecule has 0 atom stereocenters. The number of carbonyl (C=O) groups is 2. The van der Waals surface area contributed by atoms with Crippen LogP contribution in [0.5, 0.6) is 17.2 Å². The monoisotopic (exact) mass is 445 g/mol. The second kappa shape index (κ2) is 9.73. The number of phenolic OH excluding ortho intramolecular Hbond substituents is 1. The number of methoxy groups -OCH3 is 1. The average molecular weight is 446 g/mol. The Morgan fingerprint density at radius 3 is 2.70 bits per heavy atom. The Bertz CT molecular complexity index is 1020. The highest BCUT2D eigenvalue weighted by Crippen LogP contribution is 2.36. The first kappa shape index (κ1) is 21.8. The van der Waals surface area contributed by atoms with Crippen LogP contribution in [0.2, 0.25) is 5.02 Å². The maximum atomic E-state index is 12.7. The largest absolute Gasteiger partial charge is 0.504 e. The molecule has 2 amide bonds. The third kappa shape index (κ3) is 4.80. The molecule has 0 spiro atoms. The van der Waals surface area contributed by atoms with Gasteiger partial charge in [-0.25, -0.2) is 0 Å². The molecule has 0 saturated carbocycles. The van der Waals surface area contributed by atoms with Crippen molar-refractivity contribution in [1.82, 2.24) is 4.90 Å². The minimum Gasteiger partial charge on any atom is -0.504 e. The molecular formula is C22H20ClNO5S. The number of allylic oxidation sites excluding steroid dienone is 1. The summed E-state index contributed by atoms with van der Waals surface area (Å²) in [5, 5.41) is 10.3. The number of para-hydroxylation sites is 1. The van der Waals surface area contributed by atoms with Crippen molar-refractivity contribution in [2.45, 2.75) is 6.42 Å². The highest BCUT2D eigenvalue weighted by Gasteiger charge is 2.34. The van der Waals surface area contributed by atoms with E-state index in [1.165, 1.54) is 7.11 Å². The Hall–Kier alpha value is -2.90. The molecule has 0 aromatic heterocycles.